The molecule has 33 heavy (non-hydrogen) atoms. The highest BCUT2D eigenvalue weighted by Crippen LogP contribution is 2.41. The molecule has 3 fully saturated rings. The van der Waals surface area contributed by atoms with E-state index in [0.717, 1.165) is 37.7 Å². The molecule has 3 aromatic rings. The lowest BCUT2D eigenvalue weighted by Crippen LogP contribution is -2.58. The Morgan fingerprint density at radius 1 is 0.788 bits per heavy atom. The lowest BCUT2D eigenvalue weighted by molar-refractivity contribution is -0.138. The van der Waals surface area contributed by atoms with Crippen LogP contribution in [0, 0.1) is 5.92 Å². The van der Waals surface area contributed by atoms with E-state index in [0.29, 0.717) is 5.92 Å². The monoisotopic (exact) mass is 448 g/mol. The molecule has 3 aliphatic rings. The standard InChI is InChI=1S/C28H27F3N2/c29-28(30,31)24-14-8-7-13-23(24)19-32-26-22-15-17-33(18-16-22)27(26)25(20-9-3-1-4-10-20)21-11-5-2-6-12-21/h1-14,22,25,27H,15-19H2/b32-26+. The van der Waals surface area contributed by atoms with E-state index >= 15 is 0 Å². The predicted octanol–water partition coefficient (Wildman–Crippen LogP) is 6.57. The number of piperidine rings is 3. The molecule has 0 radical (unpaired) electrons. The SMILES string of the molecule is FC(F)(F)c1ccccc1C/N=C1\C2CCN(CC2)C1C(c1ccccc1)c1ccccc1. The summed E-state index contributed by atoms with van der Waals surface area (Å²) in [5.41, 5.74) is 3.13. The fraction of sp³-hybridized carbons (Fsp3) is 0.321. The first-order chi connectivity index (χ1) is 16.0. The highest BCUT2D eigenvalue weighted by atomic mass is 19.4. The number of fused-ring (bicyclic) bond motifs is 3. The minimum atomic E-state index is -4.37. The van der Waals surface area contributed by atoms with Gasteiger partial charge in [-0.25, -0.2) is 0 Å². The number of benzene rings is 3. The molecule has 0 aliphatic carbocycles. The van der Waals surface area contributed by atoms with Crippen molar-refractivity contribution in [3.05, 3.63) is 107 Å². The summed E-state index contributed by atoms with van der Waals surface area (Å²) < 4.78 is 40.7. The molecule has 1 unspecified atom stereocenters. The average Bonchev–Trinajstić information content (AvgIpc) is 2.85. The lowest BCUT2D eigenvalue weighted by Gasteiger charge is -2.49. The van der Waals surface area contributed by atoms with Crippen molar-refractivity contribution in [1.82, 2.24) is 4.90 Å². The minimum absolute atomic E-state index is 0.0559. The zero-order valence-corrected chi connectivity index (χ0v) is 18.4. The van der Waals surface area contributed by atoms with E-state index in [1.807, 2.05) is 12.1 Å². The Bertz CT molecular complexity index is 1060. The second-order valence-corrected chi connectivity index (χ2v) is 8.95. The van der Waals surface area contributed by atoms with E-state index in [1.165, 1.54) is 17.2 Å². The summed E-state index contributed by atoms with van der Waals surface area (Å²) in [6, 6.07) is 26.7. The number of halogens is 3. The summed E-state index contributed by atoms with van der Waals surface area (Å²) in [6.45, 7) is 2.06. The third-order valence-corrected chi connectivity index (χ3v) is 7.03. The van der Waals surface area contributed by atoms with E-state index in [1.54, 1.807) is 12.1 Å². The molecule has 3 saturated heterocycles. The first kappa shape index (κ1) is 21.9. The van der Waals surface area contributed by atoms with Crippen molar-refractivity contribution in [3.63, 3.8) is 0 Å². The normalized spacial score (nSPS) is 23.9. The quantitative estimate of drug-likeness (QED) is 0.431. The zero-order chi connectivity index (χ0) is 22.8. The Labute approximate surface area is 192 Å². The number of hydrogen-bond donors (Lipinski definition) is 0. The second-order valence-electron chi connectivity index (χ2n) is 8.95. The number of alkyl halides is 3. The molecule has 3 aromatic carbocycles. The Balaban J connectivity index is 1.57. The molecule has 3 heterocycles. The van der Waals surface area contributed by atoms with Gasteiger partial charge in [-0.05, 0) is 48.7 Å². The highest BCUT2D eigenvalue weighted by Gasteiger charge is 2.44. The number of aliphatic imine (C=N–C) groups is 1. The smallest absolute Gasteiger partial charge is 0.294 e. The van der Waals surface area contributed by atoms with Crippen LogP contribution in [-0.2, 0) is 12.7 Å². The van der Waals surface area contributed by atoms with Crippen LogP contribution >= 0.6 is 0 Å². The van der Waals surface area contributed by atoms with Crippen molar-refractivity contribution >= 4 is 5.71 Å². The molecule has 0 saturated carbocycles. The van der Waals surface area contributed by atoms with Crippen LogP contribution in [0.5, 0.6) is 0 Å². The first-order valence-corrected chi connectivity index (χ1v) is 11.6. The highest BCUT2D eigenvalue weighted by molar-refractivity contribution is 5.94. The van der Waals surface area contributed by atoms with Gasteiger partial charge < -0.3 is 0 Å². The van der Waals surface area contributed by atoms with Gasteiger partial charge in [0.1, 0.15) is 0 Å². The third-order valence-electron chi connectivity index (χ3n) is 7.03. The number of rotatable bonds is 5. The minimum Gasteiger partial charge on any atom is -0.294 e. The van der Waals surface area contributed by atoms with Gasteiger partial charge in [-0.3, -0.25) is 9.89 Å². The molecule has 0 aromatic heterocycles. The molecule has 6 rings (SSSR count). The maximum atomic E-state index is 13.6. The van der Waals surface area contributed by atoms with Crippen LogP contribution in [0.4, 0.5) is 13.2 Å². The molecular weight excluding hydrogens is 421 g/mol. The van der Waals surface area contributed by atoms with E-state index in [9.17, 15) is 13.2 Å². The molecule has 0 N–H and O–H groups in total. The largest absolute Gasteiger partial charge is 0.416 e. The van der Waals surface area contributed by atoms with Gasteiger partial charge >= 0.3 is 6.18 Å². The van der Waals surface area contributed by atoms with Crippen LogP contribution in [0.3, 0.4) is 0 Å². The summed E-state index contributed by atoms with van der Waals surface area (Å²) in [4.78, 5) is 7.42. The molecule has 1 atom stereocenters. The van der Waals surface area contributed by atoms with Gasteiger partial charge in [0.2, 0.25) is 0 Å². The summed E-state index contributed by atoms with van der Waals surface area (Å²) in [7, 11) is 0. The van der Waals surface area contributed by atoms with Crippen LogP contribution in [0.15, 0.2) is 89.9 Å². The number of hydrogen-bond acceptors (Lipinski definition) is 2. The average molecular weight is 449 g/mol. The Kier molecular flexibility index (Phi) is 6.07. The molecule has 0 spiro atoms. The molecule has 5 heteroatoms. The molecule has 2 nitrogen and oxygen atoms in total. The zero-order valence-electron chi connectivity index (χ0n) is 18.4. The fourth-order valence-electron chi connectivity index (χ4n) is 5.50. The van der Waals surface area contributed by atoms with Gasteiger partial charge in [0.05, 0.1) is 18.2 Å². The molecule has 170 valence electrons. The second kappa shape index (κ2) is 9.14. The van der Waals surface area contributed by atoms with E-state index in [2.05, 4.69) is 53.4 Å². The van der Waals surface area contributed by atoms with Crippen molar-refractivity contribution in [2.45, 2.75) is 37.5 Å². The van der Waals surface area contributed by atoms with Crippen molar-refractivity contribution in [1.29, 1.82) is 0 Å². The van der Waals surface area contributed by atoms with Gasteiger partial charge in [0.25, 0.3) is 0 Å². The first-order valence-electron chi connectivity index (χ1n) is 11.6. The van der Waals surface area contributed by atoms with E-state index < -0.39 is 11.7 Å². The van der Waals surface area contributed by atoms with Crippen molar-refractivity contribution in [2.24, 2.45) is 10.9 Å². The van der Waals surface area contributed by atoms with E-state index in [4.69, 9.17) is 4.99 Å². The summed E-state index contributed by atoms with van der Waals surface area (Å²) in [5, 5.41) is 0. The summed E-state index contributed by atoms with van der Waals surface area (Å²) in [5.74, 6) is 0.417. The molecule has 2 bridgehead atoms. The van der Waals surface area contributed by atoms with Gasteiger partial charge in [-0.1, -0.05) is 78.9 Å². The van der Waals surface area contributed by atoms with Crippen molar-refractivity contribution < 1.29 is 13.2 Å². The van der Waals surface area contributed by atoms with Gasteiger partial charge in [-0.15, -0.1) is 0 Å². The van der Waals surface area contributed by atoms with Crippen molar-refractivity contribution in [2.75, 3.05) is 13.1 Å². The molecule has 3 aliphatic heterocycles. The Morgan fingerprint density at radius 3 is 1.91 bits per heavy atom. The lowest BCUT2D eigenvalue weighted by atomic mass is 9.72. The topological polar surface area (TPSA) is 15.6 Å². The van der Waals surface area contributed by atoms with Crippen molar-refractivity contribution in [3.8, 4) is 0 Å². The Hall–Kier alpha value is -2.92. The van der Waals surface area contributed by atoms with Crippen LogP contribution in [-0.4, -0.2) is 29.7 Å². The fourth-order valence-corrected chi connectivity index (χ4v) is 5.50. The third kappa shape index (κ3) is 4.47. The summed E-state index contributed by atoms with van der Waals surface area (Å²) >= 11 is 0. The summed E-state index contributed by atoms with van der Waals surface area (Å²) in [6.07, 6.45) is -2.33. The molecule has 0 amide bonds. The Morgan fingerprint density at radius 2 is 1.33 bits per heavy atom. The van der Waals surface area contributed by atoms with Crippen LogP contribution in [0.25, 0.3) is 0 Å². The maximum Gasteiger partial charge on any atom is 0.416 e. The van der Waals surface area contributed by atoms with Gasteiger partial charge in [-0.2, -0.15) is 13.2 Å². The number of nitrogens with zero attached hydrogens (tertiary/aromatic N) is 2. The maximum absolute atomic E-state index is 13.6. The van der Waals surface area contributed by atoms with Gasteiger partial charge in [0, 0.05) is 17.5 Å². The van der Waals surface area contributed by atoms with E-state index in [-0.39, 0.29) is 24.1 Å². The van der Waals surface area contributed by atoms with Crippen LogP contribution < -0.4 is 0 Å². The predicted molar refractivity (Wildman–Crippen MR) is 125 cm³/mol. The molecular formula is C28H27F3N2. The van der Waals surface area contributed by atoms with Gasteiger partial charge in [0.15, 0.2) is 0 Å². The van der Waals surface area contributed by atoms with Crippen LogP contribution in [0.2, 0.25) is 0 Å². The van der Waals surface area contributed by atoms with Crippen LogP contribution in [0.1, 0.15) is 41.0 Å².